The van der Waals surface area contributed by atoms with Crippen LogP contribution in [-0.4, -0.2) is 48.5 Å². The lowest BCUT2D eigenvalue weighted by atomic mass is 9.97. The molecule has 1 aromatic heterocycles. The first-order chi connectivity index (χ1) is 14.6. The Morgan fingerprint density at radius 1 is 1.10 bits per heavy atom. The lowest BCUT2D eigenvalue weighted by molar-refractivity contribution is -0.141. The summed E-state index contributed by atoms with van der Waals surface area (Å²) in [5.41, 5.74) is 1.84. The second-order valence-electron chi connectivity index (χ2n) is 7.60. The van der Waals surface area contributed by atoms with E-state index in [2.05, 4.69) is 10.3 Å². The van der Waals surface area contributed by atoms with Crippen LogP contribution in [0.1, 0.15) is 31.2 Å². The average molecular weight is 456 g/mol. The third-order valence-corrected chi connectivity index (χ3v) is 8.03. The number of aromatic nitrogens is 1. The maximum Gasteiger partial charge on any atom is 0.389 e. The molecule has 0 radical (unpaired) electrons. The van der Waals surface area contributed by atoms with Gasteiger partial charge in [-0.25, -0.2) is 8.42 Å². The average Bonchev–Trinajstić information content (AvgIpc) is 2.74. The molecule has 2 N–H and O–H groups in total. The molecule has 3 rings (SSSR count). The van der Waals surface area contributed by atoms with E-state index in [1.165, 1.54) is 18.3 Å². The first kappa shape index (κ1) is 23.2. The maximum atomic E-state index is 13.1. The fourth-order valence-electron chi connectivity index (χ4n) is 3.69. The minimum absolute atomic E-state index is 0.0101. The molecular weight excluding hydrogens is 433 g/mol. The second-order valence-corrected chi connectivity index (χ2v) is 9.86. The normalized spacial score (nSPS) is 16.7. The molecule has 6 nitrogen and oxygen atoms in total. The van der Waals surface area contributed by atoms with Gasteiger partial charge in [0.15, 0.2) is 14.6 Å². The topological polar surface area (TPSA) is 96.4 Å². The summed E-state index contributed by atoms with van der Waals surface area (Å²) in [4.78, 5) is 16.1. The molecular formula is C21H23F3N2O4S. The van der Waals surface area contributed by atoms with Crippen molar-refractivity contribution in [1.82, 2.24) is 10.3 Å². The molecule has 2 heterocycles. The number of hydrogen-bond acceptors (Lipinski definition) is 5. The first-order valence-electron chi connectivity index (χ1n) is 9.86. The van der Waals surface area contributed by atoms with Crippen LogP contribution in [0.25, 0.3) is 11.3 Å². The van der Waals surface area contributed by atoms with E-state index in [9.17, 15) is 31.5 Å². The van der Waals surface area contributed by atoms with Crippen LogP contribution in [0.3, 0.4) is 0 Å². The molecule has 168 valence electrons. The molecule has 0 amide bonds. The van der Waals surface area contributed by atoms with Crippen LogP contribution in [0.4, 0.5) is 13.2 Å². The largest absolute Gasteiger partial charge is 0.480 e. The molecule has 0 bridgehead atoms. The number of nitrogens with one attached hydrogen (secondary N) is 1. The van der Waals surface area contributed by atoms with Crippen molar-refractivity contribution in [2.75, 3.05) is 13.1 Å². The van der Waals surface area contributed by atoms with Gasteiger partial charge >= 0.3 is 12.1 Å². The summed E-state index contributed by atoms with van der Waals surface area (Å²) in [5.74, 6) is -1.35. The van der Waals surface area contributed by atoms with E-state index in [4.69, 9.17) is 0 Å². The highest BCUT2D eigenvalue weighted by atomic mass is 32.2. The number of carboxylic acid groups (broad SMARTS) is 1. The zero-order valence-corrected chi connectivity index (χ0v) is 17.5. The van der Waals surface area contributed by atoms with E-state index < -0.39 is 33.2 Å². The molecule has 0 aliphatic carbocycles. The van der Waals surface area contributed by atoms with Gasteiger partial charge in [0, 0.05) is 18.2 Å². The van der Waals surface area contributed by atoms with Gasteiger partial charge in [0.1, 0.15) is 0 Å². The van der Waals surface area contributed by atoms with Crippen molar-refractivity contribution in [3.05, 3.63) is 48.2 Å². The summed E-state index contributed by atoms with van der Waals surface area (Å²) in [6.07, 6.45) is -3.30. The third kappa shape index (κ3) is 5.07. The summed E-state index contributed by atoms with van der Waals surface area (Å²) < 4.78 is 61.1. The van der Waals surface area contributed by atoms with Gasteiger partial charge < -0.3 is 10.4 Å². The Kier molecular flexibility index (Phi) is 6.70. The van der Waals surface area contributed by atoms with Gasteiger partial charge in [0.25, 0.3) is 0 Å². The predicted molar refractivity (Wildman–Crippen MR) is 108 cm³/mol. The minimum Gasteiger partial charge on any atom is -0.480 e. The highest BCUT2D eigenvalue weighted by molar-refractivity contribution is 7.93. The monoisotopic (exact) mass is 456 g/mol. The lowest BCUT2D eigenvalue weighted by Crippen LogP contribution is -2.53. The van der Waals surface area contributed by atoms with E-state index in [1.54, 1.807) is 24.3 Å². The summed E-state index contributed by atoms with van der Waals surface area (Å²) in [6, 6.07) is 9.20. The molecule has 0 atom stereocenters. The number of rotatable bonds is 7. The number of sulfone groups is 1. The highest BCUT2D eigenvalue weighted by Gasteiger charge is 2.52. The van der Waals surface area contributed by atoms with Crippen molar-refractivity contribution in [2.24, 2.45) is 0 Å². The van der Waals surface area contributed by atoms with Gasteiger partial charge in [-0.15, -0.1) is 0 Å². The van der Waals surface area contributed by atoms with Gasteiger partial charge in [0.2, 0.25) is 0 Å². The standard InChI is InChI=1S/C21H23F3N2O4S/c22-21(23,24)9-1-2-15-3-8-18(26-14-15)16-4-6-17(7-5-16)31(29,30)20(19(27)28)10-12-25-13-11-20/h3-8,14,25H,1-2,9-13H2,(H,27,28). The van der Waals surface area contributed by atoms with Crippen LogP contribution >= 0.6 is 0 Å². The number of nitrogens with zero attached hydrogens (tertiary/aromatic N) is 1. The van der Waals surface area contributed by atoms with Gasteiger partial charge in [-0.2, -0.15) is 13.2 Å². The minimum atomic E-state index is -4.18. The summed E-state index contributed by atoms with van der Waals surface area (Å²) in [6.45, 7) is 0.617. The van der Waals surface area contributed by atoms with Gasteiger partial charge in [0.05, 0.1) is 10.6 Å². The molecule has 2 aromatic rings. The molecule has 1 saturated heterocycles. The van der Waals surface area contributed by atoms with E-state index in [-0.39, 0.29) is 30.6 Å². The SMILES string of the molecule is O=C(O)C1(S(=O)(=O)c2ccc(-c3ccc(CCCC(F)(F)F)cn3)cc2)CCNCC1. The summed E-state index contributed by atoms with van der Waals surface area (Å²) in [5, 5.41) is 12.7. The van der Waals surface area contributed by atoms with Crippen LogP contribution in [-0.2, 0) is 21.1 Å². The van der Waals surface area contributed by atoms with Crippen molar-refractivity contribution >= 4 is 15.8 Å². The van der Waals surface area contributed by atoms with Crippen LogP contribution in [0.2, 0.25) is 0 Å². The van der Waals surface area contributed by atoms with Crippen LogP contribution in [0.15, 0.2) is 47.5 Å². The molecule has 1 aliphatic rings. The molecule has 0 unspecified atom stereocenters. The number of benzene rings is 1. The number of alkyl halides is 3. The smallest absolute Gasteiger partial charge is 0.389 e. The van der Waals surface area contributed by atoms with E-state index >= 15 is 0 Å². The van der Waals surface area contributed by atoms with Gasteiger partial charge in [-0.05, 0) is 62.5 Å². The number of aliphatic carboxylic acids is 1. The Bertz CT molecular complexity index is 1010. The molecule has 31 heavy (non-hydrogen) atoms. The Morgan fingerprint density at radius 2 is 1.74 bits per heavy atom. The molecule has 0 spiro atoms. The second kappa shape index (κ2) is 8.96. The molecule has 1 fully saturated rings. The van der Waals surface area contributed by atoms with Crippen molar-refractivity contribution < 1.29 is 31.5 Å². The zero-order valence-electron chi connectivity index (χ0n) is 16.7. The fourth-order valence-corrected chi connectivity index (χ4v) is 5.61. The van der Waals surface area contributed by atoms with Crippen LogP contribution in [0.5, 0.6) is 0 Å². The Balaban J connectivity index is 1.76. The highest BCUT2D eigenvalue weighted by Crippen LogP contribution is 2.35. The number of hydrogen-bond donors (Lipinski definition) is 2. The molecule has 10 heteroatoms. The maximum absolute atomic E-state index is 13.1. The Hall–Kier alpha value is -2.46. The number of piperidine rings is 1. The number of pyridine rings is 1. The predicted octanol–water partition coefficient (Wildman–Crippen LogP) is 3.61. The van der Waals surface area contributed by atoms with E-state index in [1.807, 2.05) is 0 Å². The Morgan fingerprint density at radius 3 is 2.26 bits per heavy atom. The van der Waals surface area contributed by atoms with Crippen molar-refractivity contribution in [3.8, 4) is 11.3 Å². The molecule has 0 saturated carbocycles. The number of halogens is 3. The number of aryl methyl sites for hydroxylation is 1. The number of carboxylic acids is 1. The zero-order chi connectivity index (χ0) is 22.7. The molecule has 1 aromatic carbocycles. The van der Waals surface area contributed by atoms with E-state index in [0.717, 1.165) is 0 Å². The number of carbonyl (C=O) groups is 1. The van der Waals surface area contributed by atoms with Crippen molar-refractivity contribution in [2.45, 2.75) is 47.9 Å². The fraction of sp³-hybridized carbons (Fsp3) is 0.429. The third-order valence-electron chi connectivity index (χ3n) is 5.53. The summed E-state index contributed by atoms with van der Waals surface area (Å²) >= 11 is 0. The first-order valence-corrected chi connectivity index (χ1v) is 11.3. The van der Waals surface area contributed by atoms with Crippen LogP contribution < -0.4 is 5.32 Å². The van der Waals surface area contributed by atoms with Crippen LogP contribution in [0, 0.1) is 0 Å². The Labute approximate surface area is 178 Å². The van der Waals surface area contributed by atoms with Crippen molar-refractivity contribution in [3.63, 3.8) is 0 Å². The molecule has 1 aliphatic heterocycles. The summed E-state index contributed by atoms with van der Waals surface area (Å²) in [7, 11) is -4.10. The van der Waals surface area contributed by atoms with Gasteiger partial charge in [-0.3, -0.25) is 9.78 Å². The lowest BCUT2D eigenvalue weighted by Gasteiger charge is -2.33. The van der Waals surface area contributed by atoms with Gasteiger partial charge in [-0.1, -0.05) is 18.2 Å². The van der Waals surface area contributed by atoms with E-state index in [0.29, 0.717) is 29.9 Å². The van der Waals surface area contributed by atoms with Crippen molar-refractivity contribution in [1.29, 1.82) is 0 Å². The quantitative estimate of drug-likeness (QED) is 0.661.